The summed E-state index contributed by atoms with van der Waals surface area (Å²) in [6.07, 6.45) is 2.78. The molecule has 0 amide bonds. The Labute approximate surface area is 124 Å². The van der Waals surface area contributed by atoms with E-state index in [-0.39, 0.29) is 6.04 Å². The van der Waals surface area contributed by atoms with E-state index in [0.29, 0.717) is 0 Å². The lowest BCUT2D eigenvalue weighted by Crippen LogP contribution is -2.22. The molecule has 2 rings (SSSR count). The van der Waals surface area contributed by atoms with Crippen molar-refractivity contribution in [1.82, 2.24) is 5.32 Å². The van der Waals surface area contributed by atoms with Crippen LogP contribution in [0.2, 0.25) is 4.34 Å². The summed E-state index contributed by atoms with van der Waals surface area (Å²) in [6.45, 7) is 5.14. The van der Waals surface area contributed by atoms with Gasteiger partial charge in [-0.1, -0.05) is 18.5 Å². The summed E-state index contributed by atoms with van der Waals surface area (Å²) in [4.78, 5) is 1.22. The van der Waals surface area contributed by atoms with Crippen molar-refractivity contribution in [3.05, 3.63) is 43.4 Å². The van der Waals surface area contributed by atoms with Crippen LogP contribution in [0.4, 0.5) is 0 Å². The summed E-state index contributed by atoms with van der Waals surface area (Å²) in [5.41, 5.74) is 2.24. The van der Waals surface area contributed by atoms with Crippen LogP contribution in [-0.2, 0) is 0 Å². The van der Waals surface area contributed by atoms with Gasteiger partial charge < -0.3 is 9.73 Å². The van der Waals surface area contributed by atoms with E-state index in [0.717, 1.165) is 33.1 Å². The third-order valence-corrected chi connectivity index (χ3v) is 4.98. The molecule has 0 spiro atoms. The van der Waals surface area contributed by atoms with E-state index in [1.54, 1.807) is 17.6 Å². The van der Waals surface area contributed by atoms with Gasteiger partial charge in [-0.25, -0.2) is 0 Å². The first-order valence-corrected chi connectivity index (χ1v) is 7.84. The first-order chi connectivity index (χ1) is 8.63. The highest BCUT2D eigenvalue weighted by Crippen LogP contribution is 2.36. The first-order valence-electron chi connectivity index (χ1n) is 5.85. The van der Waals surface area contributed by atoms with Gasteiger partial charge in [0.2, 0.25) is 0 Å². The number of thiophene rings is 1. The second-order valence-electron chi connectivity index (χ2n) is 4.14. The Kier molecular flexibility index (Phi) is 4.90. The summed E-state index contributed by atoms with van der Waals surface area (Å²) < 4.78 is 6.96. The van der Waals surface area contributed by atoms with Gasteiger partial charge in [0.25, 0.3) is 0 Å². The fourth-order valence-corrected chi connectivity index (χ4v) is 3.57. The molecule has 0 radical (unpaired) electrons. The highest BCUT2D eigenvalue weighted by atomic mass is 79.9. The molecule has 0 fully saturated rings. The predicted molar refractivity (Wildman–Crippen MR) is 80.6 cm³/mol. The Morgan fingerprint density at radius 1 is 1.56 bits per heavy atom. The Bertz CT molecular complexity index is 503. The Morgan fingerprint density at radius 2 is 2.33 bits per heavy atom. The zero-order valence-electron chi connectivity index (χ0n) is 10.3. The standard InChI is InChI=1S/C13H15BrClNOS/c1-3-5-16-11(9-4-6-17-12(9)14)10-7-8(2)13(15)18-10/h4,6-7,11,16H,3,5H2,1-2H3. The van der Waals surface area contributed by atoms with E-state index < -0.39 is 0 Å². The molecule has 0 aliphatic carbocycles. The van der Waals surface area contributed by atoms with Crippen LogP contribution >= 0.6 is 38.9 Å². The molecule has 2 aromatic heterocycles. The second kappa shape index (κ2) is 6.24. The average Bonchev–Trinajstić information content (AvgIpc) is 2.88. The quantitative estimate of drug-likeness (QED) is 0.808. The van der Waals surface area contributed by atoms with Gasteiger partial charge in [-0.2, -0.15) is 0 Å². The maximum atomic E-state index is 6.16. The molecular formula is C13H15BrClNOS. The van der Waals surface area contributed by atoms with Crippen molar-refractivity contribution < 1.29 is 4.42 Å². The molecule has 1 atom stereocenters. The summed E-state index contributed by atoms with van der Waals surface area (Å²) in [7, 11) is 0. The van der Waals surface area contributed by atoms with Crippen molar-refractivity contribution in [2.45, 2.75) is 26.3 Å². The van der Waals surface area contributed by atoms with Crippen LogP contribution in [0, 0.1) is 6.92 Å². The minimum atomic E-state index is 0.134. The largest absolute Gasteiger partial charge is 0.457 e. The number of nitrogens with one attached hydrogen (secondary N) is 1. The monoisotopic (exact) mass is 347 g/mol. The zero-order chi connectivity index (χ0) is 13.1. The van der Waals surface area contributed by atoms with E-state index in [4.69, 9.17) is 16.0 Å². The SMILES string of the molecule is CCCNC(c1cc(C)c(Cl)s1)c1ccoc1Br. The lowest BCUT2D eigenvalue weighted by atomic mass is 10.1. The van der Waals surface area contributed by atoms with Gasteiger partial charge in [0.05, 0.1) is 16.6 Å². The van der Waals surface area contributed by atoms with Gasteiger partial charge in [-0.05, 0) is 53.5 Å². The summed E-state index contributed by atoms with van der Waals surface area (Å²) in [5.74, 6) is 0. The summed E-state index contributed by atoms with van der Waals surface area (Å²) in [6, 6.07) is 4.26. The molecule has 0 saturated carbocycles. The number of hydrogen-bond acceptors (Lipinski definition) is 3. The smallest absolute Gasteiger partial charge is 0.174 e. The zero-order valence-corrected chi connectivity index (χ0v) is 13.5. The predicted octanol–water partition coefficient (Wildman–Crippen LogP) is 5.15. The van der Waals surface area contributed by atoms with Crippen LogP contribution in [0.1, 0.15) is 35.4 Å². The normalized spacial score (nSPS) is 12.9. The summed E-state index contributed by atoms with van der Waals surface area (Å²) >= 11 is 11.2. The van der Waals surface area contributed by atoms with Gasteiger partial charge in [0.15, 0.2) is 4.67 Å². The minimum Gasteiger partial charge on any atom is -0.457 e. The molecule has 0 aliphatic rings. The molecule has 2 nitrogen and oxygen atoms in total. The average molecular weight is 349 g/mol. The number of aryl methyl sites for hydroxylation is 1. The molecule has 1 N–H and O–H groups in total. The highest BCUT2D eigenvalue weighted by molar-refractivity contribution is 9.10. The van der Waals surface area contributed by atoms with E-state index in [1.165, 1.54) is 4.88 Å². The molecule has 18 heavy (non-hydrogen) atoms. The van der Waals surface area contributed by atoms with Gasteiger partial charge in [0, 0.05) is 10.4 Å². The third-order valence-electron chi connectivity index (χ3n) is 2.72. The van der Waals surface area contributed by atoms with Gasteiger partial charge in [0.1, 0.15) is 0 Å². The second-order valence-corrected chi connectivity index (χ2v) is 6.55. The highest BCUT2D eigenvalue weighted by Gasteiger charge is 2.20. The molecule has 2 aromatic rings. The molecular weight excluding hydrogens is 334 g/mol. The lowest BCUT2D eigenvalue weighted by Gasteiger charge is -2.16. The topological polar surface area (TPSA) is 25.2 Å². The van der Waals surface area contributed by atoms with E-state index in [1.807, 2.05) is 13.0 Å². The van der Waals surface area contributed by atoms with E-state index >= 15 is 0 Å². The van der Waals surface area contributed by atoms with Crippen molar-refractivity contribution in [3.63, 3.8) is 0 Å². The molecule has 0 bridgehead atoms. The molecule has 1 unspecified atom stereocenters. The molecule has 98 valence electrons. The van der Waals surface area contributed by atoms with E-state index in [2.05, 4.69) is 34.2 Å². The maximum Gasteiger partial charge on any atom is 0.174 e. The van der Waals surface area contributed by atoms with Crippen LogP contribution in [0.15, 0.2) is 27.5 Å². The summed E-state index contributed by atoms with van der Waals surface area (Å²) in [5, 5.41) is 3.53. The minimum absolute atomic E-state index is 0.134. The number of hydrogen-bond donors (Lipinski definition) is 1. The fraction of sp³-hybridized carbons (Fsp3) is 0.385. The van der Waals surface area contributed by atoms with Crippen molar-refractivity contribution in [2.75, 3.05) is 6.54 Å². The molecule has 0 aromatic carbocycles. The lowest BCUT2D eigenvalue weighted by molar-refractivity contribution is 0.525. The van der Waals surface area contributed by atoms with Gasteiger partial charge in [-0.3, -0.25) is 0 Å². The van der Waals surface area contributed by atoms with Gasteiger partial charge in [-0.15, -0.1) is 11.3 Å². The fourth-order valence-electron chi connectivity index (χ4n) is 1.79. The number of furan rings is 1. The molecule has 0 saturated heterocycles. The van der Waals surface area contributed by atoms with Crippen LogP contribution in [0.3, 0.4) is 0 Å². The van der Waals surface area contributed by atoms with E-state index in [9.17, 15) is 0 Å². The first kappa shape index (κ1) is 14.1. The number of rotatable bonds is 5. The molecule has 0 aliphatic heterocycles. The molecule has 5 heteroatoms. The van der Waals surface area contributed by atoms with Crippen LogP contribution in [0.5, 0.6) is 0 Å². The Balaban J connectivity index is 2.33. The number of halogens is 2. The maximum absolute atomic E-state index is 6.16. The van der Waals surface area contributed by atoms with Crippen molar-refractivity contribution in [1.29, 1.82) is 0 Å². The third kappa shape index (κ3) is 2.99. The van der Waals surface area contributed by atoms with Crippen molar-refractivity contribution >= 4 is 38.9 Å². The van der Waals surface area contributed by atoms with Crippen LogP contribution in [0.25, 0.3) is 0 Å². The van der Waals surface area contributed by atoms with Crippen LogP contribution < -0.4 is 5.32 Å². The van der Waals surface area contributed by atoms with Crippen molar-refractivity contribution in [3.8, 4) is 0 Å². The van der Waals surface area contributed by atoms with Crippen molar-refractivity contribution in [2.24, 2.45) is 0 Å². The Hall–Kier alpha value is -0.290. The van der Waals surface area contributed by atoms with Gasteiger partial charge >= 0.3 is 0 Å². The molecule has 2 heterocycles. The van der Waals surface area contributed by atoms with Crippen LogP contribution in [-0.4, -0.2) is 6.54 Å². The Morgan fingerprint density at radius 3 is 2.83 bits per heavy atom.